The SMILES string of the molecule is Cc1ccc(C(=O)N2CSCC2C(=O)NCCC(C)C)c(C)n1. The summed E-state index contributed by atoms with van der Waals surface area (Å²) in [4.78, 5) is 31.2. The van der Waals surface area contributed by atoms with E-state index in [1.807, 2.05) is 19.9 Å². The van der Waals surface area contributed by atoms with Crippen LogP contribution in [0.1, 0.15) is 42.0 Å². The minimum atomic E-state index is -0.389. The van der Waals surface area contributed by atoms with Crippen LogP contribution in [0.4, 0.5) is 0 Å². The van der Waals surface area contributed by atoms with E-state index in [0.717, 1.165) is 12.1 Å². The summed E-state index contributed by atoms with van der Waals surface area (Å²) in [5, 5.41) is 2.95. The standard InChI is InChI=1S/C17H25N3O2S/c1-11(2)7-8-18-16(21)15-9-23-10-20(15)17(22)14-6-5-12(3)19-13(14)4/h5-6,11,15H,7-10H2,1-4H3,(H,18,21). The number of pyridine rings is 1. The lowest BCUT2D eigenvalue weighted by molar-refractivity contribution is -0.124. The fourth-order valence-corrected chi connectivity index (χ4v) is 3.68. The maximum absolute atomic E-state index is 12.8. The number of nitrogens with one attached hydrogen (secondary N) is 1. The van der Waals surface area contributed by atoms with Gasteiger partial charge in [0.2, 0.25) is 5.91 Å². The van der Waals surface area contributed by atoms with Crippen molar-refractivity contribution in [1.29, 1.82) is 0 Å². The predicted molar refractivity (Wildman–Crippen MR) is 93.5 cm³/mol. The average Bonchev–Trinajstić information content (AvgIpc) is 2.95. The molecule has 6 heteroatoms. The van der Waals surface area contributed by atoms with E-state index in [0.29, 0.717) is 35.3 Å². The van der Waals surface area contributed by atoms with E-state index in [9.17, 15) is 9.59 Å². The lowest BCUT2D eigenvalue weighted by Gasteiger charge is -2.24. The lowest BCUT2D eigenvalue weighted by atomic mass is 10.1. The third-order valence-electron chi connectivity index (χ3n) is 3.92. The van der Waals surface area contributed by atoms with Crippen molar-refractivity contribution in [3.63, 3.8) is 0 Å². The molecule has 1 atom stereocenters. The minimum absolute atomic E-state index is 0.0540. The van der Waals surface area contributed by atoms with Gasteiger partial charge < -0.3 is 10.2 Å². The van der Waals surface area contributed by atoms with Crippen molar-refractivity contribution in [2.45, 2.75) is 40.2 Å². The van der Waals surface area contributed by atoms with Crippen molar-refractivity contribution in [2.75, 3.05) is 18.2 Å². The van der Waals surface area contributed by atoms with Crippen LogP contribution in [0.5, 0.6) is 0 Å². The molecule has 2 amide bonds. The molecule has 126 valence electrons. The number of carbonyl (C=O) groups is 2. The highest BCUT2D eigenvalue weighted by Gasteiger charge is 2.35. The second kappa shape index (κ2) is 7.81. The number of aryl methyl sites for hydroxylation is 2. The van der Waals surface area contributed by atoms with E-state index >= 15 is 0 Å². The third-order valence-corrected chi connectivity index (χ3v) is 4.93. The van der Waals surface area contributed by atoms with Gasteiger partial charge in [0.1, 0.15) is 6.04 Å². The molecule has 1 N–H and O–H groups in total. The quantitative estimate of drug-likeness (QED) is 0.897. The van der Waals surface area contributed by atoms with Gasteiger partial charge in [0.05, 0.1) is 17.1 Å². The van der Waals surface area contributed by atoms with Crippen LogP contribution in [0.15, 0.2) is 12.1 Å². The maximum atomic E-state index is 12.8. The molecule has 0 aliphatic carbocycles. The van der Waals surface area contributed by atoms with Gasteiger partial charge in [-0.15, -0.1) is 11.8 Å². The second-order valence-corrected chi connectivity index (χ2v) is 7.35. The molecule has 5 nitrogen and oxygen atoms in total. The summed E-state index contributed by atoms with van der Waals surface area (Å²) < 4.78 is 0. The fraction of sp³-hybridized carbons (Fsp3) is 0.588. The highest BCUT2D eigenvalue weighted by atomic mass is 32.2. The zero-order valence-corrected chi connectivity index (χ0v) is 15.1. The molecule has 0 spiro atoms. The summed E-state index contributed by atoms with van der Waals surface area (Å²) in [7, 11) is 0. The Balaban J connectivity index is 2.05. The van der Waals surface area contributed by atoms with Crippen LogP contribution < -0.4 is 5.32 Å². The summed E-state index contributed by atoms with van der Waals surface area (Å²) in [6, 6.07) is 3.25. The summed E-state index contributed by atoms with van der Waals surface area (Å²) in [5.41, 5.74) is 2.18. The van der Waals surface area contributed by atoms with E-state index < -0.39 is 0 Å². The molecule has 23 heavy (non-hydrogen) atoms. The number of thioether (sulfide) groups is 1. The Labute approximate surface area is 142 Å². The Bertz CT molecular complexity index is 589. The zero-order chi connectivity index (χ0) is 17.0. The number of aromatic nitrogens is 1. The molecular formula is C17H25N3O2S. The van der Waals surface area contributed by atoms with Gasteiger partial charge in [-0.1, -0.05) is 13.8 Å². The largest absolute Gasteiger partial charge is 0.354 e. The number of amides is 2. The van der Waals surface area contributed by atoms with Crippen molar-refractivity contribution in [2.24, 2.45) is 5.92 Å². The van der Waals surface area contributed by atoms with Gasteiger partial charge in [-0.05, 0) is 38.3 Å². The molecule has 0 aromatic carbocycles. The normalized spacial score (nSPS) is 17.6. The van der Waals surface area contributed by atoms with Crippen molar-refractivity contribution in [3.05, 3.63) is 29.1 Å². The Morgan fingerprint density at radius 1 is 1.39 bits per heavy atom. The van der Waals surface area contributed by atoms with E-state index in [2.05, 4.69) is 24.1 Å². The number of hydrogen-bond acceptors (Lipinski definition) is 4. The second-order valence-electron chi connectivity index (χ2n) is 6.35. The predicted octanol–water partition coefficient (Wildman–Crippen LogP) is 2.38. The maximum Gasteiger partial charge on any atom is 0.257 e. The topological polar surface area (TPSA) is 62.3 Å². The van der Waals surface area contributed by atoms with E-state index in [-0.39, 0.29) is 17.9 Å². The van der Waals surface area contributed by atoms with Crippen LogP contribution in [0.2, 0.25) is 0 Å². The monoisotopic (exact) mass is 335 g/mol. The van der Waals surface area contributed by atoms with E-state index in [1.54, 1.807) is 22.7 Å². The number of rotatable bonds is 5. The summed E-state index contributed by atoms with van der Waals surface area (Å²) in [5.74, 6) is 1.59. The minimum Gasteiger partial charge on any atom is -0.354 e. The summed E-state index contributed by atoms with van der Waals surface area (Å²) >= 11 is 1.61. The van der Waals surface area contributed by atoms with Crippen LogP contribution in [0.3, 0.4) is 0 Å². The molecule has 1 fully saturated rings. The first-order chi connectivity index (χ1) is 10.9. The Hall–Kier alpha value is -1.56. The molecule has 2 heterocycles. The Morgan fingerprint density at radius 3 is 2.78 bits per heavy atom. The van der Waals surface area contributed by atoms with Crippen molar-refractivity contribution in [3.8, 4) is 0 Å². The van der Waals surface area contributed by atoms with Crippen LogP contribution in [-0.4, -0.2) is 45.9 Å². The first-order valence-corrected chi connectivity index (χ1v) is 9.16. The molecule has 1 aliphatic heterocycles. The van der Waals surface area contributed by atoms with Gasteiger partial charge in [-0.3, -0.25) is 14.6 Å². The molecule has 1 aromatic rings. The lowest BCUT2D eigenvalue weighted by Crippen LogP contribution is -2.47. The van der Waals surface area contributed by atoms with E-state index in [1.165, 1.54) is 0 Å². The molecule has 1 unspecified atom stereocenters. The summed E-state index contributed by atoms with van der Waals surface area (Å²) in [6.07, 6.45) is 0.945. The molecule has 1 saturated heterocycles. The summed E-state index contributed by atoms with van der Waals surface area (Å²) in [6.45, 7) is 8.64. The Kier molecular flexibility index (Phi) is 6.04. The van der Waals surface area contributed by atoms with Crippen LogP contribution in [-0.2, 0) is 4.79 Å². The first-order valence-electron chi connectivity index (χ1n) is 8.00. The molecule has 0 bridgehead atoms. The molecule has 1 aliphatic rings. The first kappa shape index (κ1) is 17.8. The van der Waals surface area contributed by atoms with Gasteiger partial charge in [0.25, 0.3) is 5.91 Å². The molecular weight excluding hydrogens is 310 g/mol. The van der Waals surface area contributed by atoms with Gasteiger partial charge in [0.15, 0.2) is 0 Å². The van der Waals surface area contributed by atoms with Crippen molar-refractivity contribution < 1.29 is 9.59 Å². The highest BCUT2D eigenvalue weighted by molar-refractivity contribution is 7.99. The van der Waals surface area contributed by atoms with Gasteiger partial charge in [-0.25, -0.2) is 0 Å². The smallest absolute Gasteiger partial charge is 0.257 e. The fourth-order valence-electron chi connectivity index (χ4n) is 2.53. The van der Waals surface area contributed by atoms with Gasteiger partial charge in [0, 0.05) is 18.0 Å². The third kappa shape index (κ3) is 4.47. The van der Waals surface area contributed by atoms with E-state index in [4.69, 9.17) is 0 Å². The van der Waals surface area contributed by atoms with Crippen LogP contribution in [0.25, 0.3) is 0 Å². The molecule has 0 saturated carbocycles. The van der Waals surface area contributed by atoms with Crippen molar-refractivity contribution >= 4 is 23.6 Å². The highest BCUT2D eigenvalue weighted by Crippen LogP contribution is 2.24. The number of carbonyl (C=O) groups excluding carboxylic acids is 2. The van der Waals surface area contributed by atoms with Crippen LogP contribution in [0, 0.1) is 19.8 Å². The van der Waals surface area contributed by atoms with Crippen LogP contribution >= 0.6 is 11.8 Å². The number of hydrogen-bond donors (Lipinski definition) is 1. The number of nitrogens with zero attached hydrogens (tertiary/aromatic N) is 2. The molecule has 0 radical (unpaired) electrons. The van der Waals surface area contributed by atoms with Crippen molar-refractivity contribution in [1.82, 2.24) is 15.2 Å². The zero-order valence-electron chi connectivity index (χ0n) is 14.3. The van der Waals surface area contributed by atoms with Gasteiger partial charge in [-0.2, -0.15) is 0 Å². The molecule has 1 aromatic heterocycles. The van der Waals surface area contributed by atoms with Gasteiger partial charge >= 0.3 is 0 Å². The Morgan fingerprint density at radius 2 is 2.13 bits per heavy atom. The average molecular weight is 335 g/mol. The molecule has 2 rings (SSSR count).